The molecule has 0 spiro atoms. The fourth-order valence-corrected chi connectivity index (χ4v) is 4.40. The fraction of sp³-hybridized carbons (Fsp3) is 0.458. The van der Waals surface area contributed by atoms with E-state index in [9.17, 15) is 4.79 Å². The lowest BCUT2D eigenvalue weighted by molar-refractivity contribution is 0.159. The minimum absolute atomic E-state index is 0.0151. The van der Waals surface area contributed by atoms with Gasteiger partial charge in [0.2, 0.25) is 0 Å². The molecular weight excluding hydrogens is 408 g/mol. The van der Waals surface area contributed by atoms with Crippen LogP contribution in [0.4, 0.5) is 5.82 Å². The molecule has 2 aromatic heterocycles. The van der Waals surface area contributed by atoms with Crippen LogP contribution in [0.2, 0.25) is 0 Å². The van der Waals surface area contributed by atoms with Gasteiger partial charge in [0.05, 0.1) is 6.85 Å². The van der Waals surface area contributed by atoms with Crippen LogP contribution in [0.1, 0.15) is 49.6 Å². The van der Waals surface area contributed by atoms with Crippen LogP contribution in [0.25, 0.3) is 5.65 Å². The third-order valence-electron chi connectivity index (χ3n) is 6.15. The number of fused-ring (bicyclic) bond motifs is 2. The van der Waals surface area contributed by atoms with Crippen LogP contribution >= 0.6 is 0 Å². The highest BCUT2D eigenvalue weighted by molar-refractivity contribution is 5.62. The molecule has 1 saturated heterocycles. The summed E-state index contributed by atoms with van der Waals surface area (Å²) in [4.78, 5) is 19.0. The lowest BCUT2D eigenvalue weighted by Gasteiger charge is -2.34. The van der Waals surface area contributed by atoms with Gasteiger partial charge in [-0.3, -0.25) is 4.79 Å². The molecule has 1 saturated carbocycles. The topological polar surface area (TPSA) is 78.2 Å². The van der Waals surface area contributed by atoms with Gasteiger partial charge in [-0.2, -0.15) is 4.52 Å². The molecule has 1 aromatic carbocycles. The van der Waals surface area contributed by atoms with Crippen LogP contribution in [-0.4, -0.2) is 46.9 Å². The van der Waals surface area contributed by atoms with Crippen molar-refractivity contribution in [3.8, 4) is 17.2 Å². The molecule has 2 fully saturated rings. The van der Waals surface area contributed by atoms with Crippen molar-refractivity contribution < 1.29 is 21.1 Å². The predicted octanol–water partition coefficient (Wildman–Crippen LogP) is 3.09. The van der Waals surface area contributed by atoms with Crippen LogP contribution in [0.3, 0.4) is 0 Å². The van der Waals surface area contributed by atoms with Gasteiger partial charge in [0.15, 0.2) is 23.0 Å². The first-order valence-corrected chi connectivity index (χ1v) is 10.8. The van der Waals surface area contributed by atoms with Crippen molar-refractivity contribution in [2.75, 3.05) is 31.1 Å². The van der Waals surface area contributed by atoms with Gasteiger partial charge in [0.1, 0.15) is 24.9 Å². The summed E-state index contributed by atoms with van der Waals surface area (Å²) in [5, 5.41) is 4.64. The SMILES string of the molecule is [2H]C1(Oc2ccc3c(c2)OC([2H])([2H])C([2H])([2H])O3)CCN(c2nn3c(=O)ccnc3c(C3CC3)c2C)CC1. The highest BCUT2D eigenvalue weighted by Crippen LogP contribution is 2.44. The van der Waals surface area contributed by atoms with Gasteiger partial charge in [0.25, 0.3) is 5.56 Å². The van der Waals surface area contributed by atoms with Crippen LogP contribution in [0, 0.1) is 6.92 Å². The van der Waals surface area contributed by atoms with Crippen LogP contribution in [0.5, 0.6) is 17.2 Å². The second-order valence-corrected chi connectivity index (χ2v) is 8.30. The smallest absolute Gasteiger partial charge is 0.274 e. The number of piperidine rings is 1. The Balaban J connectivity index is 1.22. The third kappa shape index (κ3) is 3.43. The van der Waals surface area contributed by atoms with Gasteiger partial charge in [-0.05, 0) is 37.8 Å². The van der Waals surface area contributed by atoms with Crippen molar-refractivity contribution in [3.05, 3.63) is 51.9 Å². The van der Waals surface area contributed by atoms with Crippen molar-refractivity contribution in [1.82, 2.24) is 14.6 Å². The Kier molecular flexibility index (Phi) is 3.53. The summed E-state index contributed by atoms with van der Waals surface area (Å²) < 4.78 is 57.6. The molecule has 0 bridgehead atoms. The minimum Gasteiger partial charge on any atom is -0.490 e. The van der Waals surface area contributed by atoms with Crippen molar-refractivity contribution in [2.45, 2.75) is 44.6 Å². The van der Waals surface area contributed by atoms with Crippen molar-refractivity contribution in [3.63, 3.8) is 0 Å². The average Bonchev–Trinajstić information content (AvgIpc) is 3.65. The Labute approximate surface area is 192 Å². The Bertz CT molecular complexity index is 1450. The number of rotatable bonds is 4. The Morgan fingerprint density at radius 2 is 1.91 bits per heavy atom. The highest BCUT2D eigenvalue weighted by atomic mass is 16.6. The van der Waals surface area contributed by atoms with Crippen molar-refractivity contribution in [1.29, 1.82) is 0 Å². The predicted molar refractivity (Wildman–Crippen MR) is 119 cm³/mol. The van der Waals surface area contributed by atoms with E-state index >= 15 is 0 Å². The van der Waals surface area contributed by atoms with E-state index in [1.54, 1.807) is 6.07 Å². The maximum atomic E-state index is 12.5. The van der Waals surface area contributed by atoms with Crippen molar-refractivity contribution in [2.24, 2.45) is 0 Å². The molecular formula is C24H26N4O4. The maximum absolute atomic E-state index is 12.5. The lowest BCUT2D eigenvalue weighted by atomic mass is 10.0. The summed E-state index contributed by atoms with van der Waals surface area (Å²) >= 11 is 0. The van der Waals surface area contributed by atoms with E-state index in [2.05, 4.69) is 15.0 Å². The molecule has 32 heavy (non-hydrogen) atoms. The molecule has 0 radical (unpaired) electrons. The lowest BCUT2D eigenvalue weighted by Crippen LogP contribution is -2.39. The zero-order valence-corrected chi connectivity index (χ0v) is 17.6. The fourth-order valence-electron chi connectivity index (χ4n) is 4.40. The van der Waals surface area contributed by atoms with E-state index in [0.29, 0.717) is 43.2 Å². The van der Waals surface area contributed by atoms with Gasteiger partial charge in [-0.25, -0.2) is 4.98 Å². The first-order chi connectivity index (χ1) is 17.5. The number of aromatic nitrogens is 3. The molecule has 6 rings (SSSR count). The number of ether oxygens (including phenoxy) is 3. The monoisotopic (exact) mass is 439 g/mol. The Hall–Kier alpha value is -3.29. The molecule has 0 atom stereocenters. The summed E-state index contributed by atoms with van der Waals surface area (Å²) in [6.07, 6.45) is 3.15. The van der Waals surface area contributed by atoms with Gasteiger partial charge in [-0.1, -0.05) is 0 Å². The van der Waals surface area contributed by atoms with Gasteiger partial charge < -0.3 is 19.1 Å². The normalized spacial score (nSPS) is 25.2. The summed E-state index contributed by atoms with van der Waals surface area (Å²) in [6.45, 7) is -2.31. The molecule has 0 amide bonds. The largest absolute Gasteiger partial charge is 0.490 e. The number of hydrogen-bond donors (Lipinski definition) is 0. The van der Waals surface area contributed by atoms with Crippen LogP contribution < -0.4 is 24.7 Å². The third-order valence-corrected chi connectivity index (χ3v) is 6.15. The van der Waals surface area contributed by atoms with Crippen molar-refractivity contribution >= 4 is 11.5 Å². The van der Waals surface area contributed by atoms with Crippen LogP contribution in [0.15, 0.2) is 35.3 Å². The van der Waals surface area contributed by atoms with E-state index in [1.807, 2.05) is 6.92 Å². The number of anilines is 1. The zero-order valence-electron chi connectivity index (χ0n) is 22.6. The highest BCUT2D eigenvalue weighted by Gasteiger charge is 2.32. The summed E-state index contributed by atoms with van der Waals surface area (Å²) in [6, 6.07) is 5.82. The average molecular weight is 440 g/mol. The quantitative estimate of drug-likeness (QED) is 0.618. The number of hydrogen-bond acceptors (Lipinski definition) is 7. The summed E-state index contributed by atoms with van der Waals surface area (Å²) in [5.41, 5.74) is 2.48. The molecule has 0 unspecified atom stereocenters. The Morgan fingerprint density at radius 1 is 1.12 bits per heavy atom. The van der Waals surface area contributed by atoms with Gasteiger partial charge in [0, 0.05) is 55.4 Å². The maximum Gasteiger partial charge on any atom is 0.274 e. The first-order valence-electron chi connectivity index (χ1n) is 13.3. The van der Waals surface area contributed by atoms with E-state index in [1.165, 1.54) is 28.9 Å². The molecule has 8 heteroatoms. The first kappa shape index (κ1) is 14.7. The molecule has 2 aliphatic heterocycles. The molecule has 4 heterocycles. The van der Waals surface area contributed by atoms with E-state index < -0.39 is 19.2 Å². The second kappa shape index (κ2) is 7.69. The molecule has 3 aliphatic rings. The molecule has 1 aliphatic carbocycles. The van der Waals surface area contributed by atoms with Gasteiger partial charge in [-0.15, -0.1) is 5.10 Å². The molecule has 0 N–H and O–H groups in total. The van der Waals surface area contributed by atoms with E-state index in [4.69, 9.17) is 21.1 Å². The van der Waals surface area contributed by atoms with Gasteiger partial charge >= 0.3 is 0 Å². The summed E-state index contributed by atoms with van der Waals surface area (Å²) in [5.74, 6) is 1.49. The molecule has 166 valence electrons. The minimum atomic E-state index is -2.68. The van der Waals surface area contributed by atoms with E-state index in [-0.39, 0.29) is 17.1 Å². The van der Waals surface area contributed by atoms with E-state index in [0.717, 1.165) is 29.8 Å². The zero-order chi connectivity index (χ0) is 26.2. The second-order valence-electron chi connectivity index (χ2n) is 8.30. The number of nitrogens with zero attached hydrogens (tertiary/aromatic N) is 4. The molecule has 8 nitrogen and oxygen atoms in total. The summed E-state index contributed by atoms with van der Waals surface area (Å²) in [7, 11) is 0. The number of benzene rings is 1. The standard InChI is InChI=1S/C24H26N4O4/c1-15-22(16-2-3-16)24-25-9-6-21(29)28(24)26-23(15)27-10-7-17(8-11-27)32-18-4-5-19-20(14-18)31-13-12-30-19/h4-6,9,14,16-17H,2-3,7-8,10-13H2,1H3/i12D2,13D2,17D. The Morgan fingerprint density at radius 3 is 2.69 bits per heavy atom. The molecule has 3 aromatic rings. The van der Waals surface area contributed by atoms with Crippen LogP contribution in [-0.2, 0) is 0 Å².